The minimum absolute atomic E-state index is 0.0156. The van der Waals surface area contributed by atoms with Gasteiger partial charge in [0.2, 0.25) is 23.6 Å². The minimum atomic E-state index is -0.899. The van der Waals surface area contributed by atoms with Gasteiger partial charge >= 0.3 is 5.97 Å². The fourth-order valence-corrected chi connectivity index (χ4v) is 6.88. The van der Waals surface area contributed by atoms with Gasteiger partial charge in [-0.3, -0.25) is 24.0 Å². The number of amides is 5. The first-order valence-electron chi connectivity index (χ1n) is 18.1. The molecule has 2 aromatic rings. The average molecular weight is 761 g/mol. The van der Waals surface area contributed by atoms with Gasteiger partial charge in [0.05, 0.1) is 29.5 Å². The summed E-state index contributed by atoms with van der Waals surface area (Å²) in [5.41, 5.74) is 6.99. The molecule has 1 heterocycles. The van der Waals surface area contributed by atoms with Crippen LogP contribution in [0.1, 0.15) is 111 Å². The van der Waals surface area contributed by atoms with Crippen LogP contribution in [0.15, 0.2) is 24.3 Å². The normalized spacial score (nSPS) is 13.5. The van der Waals surface area contributed by atoms with Crippen LogP contribution in [0.25, 0.3) is 0 Å². The number of anilines is 1. The Kier molecular flexibility index (Phi) is 18.1. The van der Waals surface area contributed by atoms with E-state index in [-0.39, 0.29) is 46.3 Å². The number of hydrogen-bond acceptors (Lipinski definition) is 9. The van der Waals surface area contributed by atoms with Crippen LogP contribution in [0, 0.1) is 30.5 Å². The molecule has 0 bridgehead atoms. The maximum atomic E-state index is 13.5. The van der Waals surface area contributed by atoms with Crippen LogP contribution >= 0.6 is 11.3 Å². The summed E-state index contributed by atoms with van der Waals surface area (Å²) >= 11 is 0.912. The first kappa shape index (κ1) is 44.8. The van der Waals surface area contributed by atoms with Gasteiger partial charge in [0.15, 0.2) is 0 Å². The van der Waals surface area contributed by atoms with Gasteiger partial charge < -0.3 is 37.1 Å². The second-order valence-electron chi connectivity index (χ2n) is 14.4. The van der Waals surface area contributed by atoms with Crippen molar-refractivity contribution in [2.24, 2.45) is 23.5 Å². The highest BCUT2D eigenvalue weighted by molar-refractivity contribution is 7.18. The van der Waals surface area contributed by atoms with Gasteiger partial charge in [-0.05, 0) is 73.6 Å². The fraction of sp³-hybridized carbons (Fsp3) is 0.579. The topological polar surface area (TPSA) is 198 Å². The van der Waals surface area contributed by atoms with Crippen LogP contribution in [-0.4, -0.2) is 73.8 Å². The first-order valence-corrected chi connectivity index (χ1v) is 18.9. The van der Waals surface area contributed by atoms with Crippen molar-refractivity contribution in [2.75, 3.05) is 25.5 Å². The standard InChI is InChI=1S/C38H57FN6O7S/c1-10-26(24-11-13-25(39)14-12-24)32(46)45-37-30(38(51)52-9)23(8)31(53-37)36(50)42-16-15-41-34(48)28(18-21(4)5)44-35(49)29(19-22(6)7)43-33(47)27(40)17-20(2)3/h11-14,20-22,26-29H,10,15-19,40H2,1-9H3,(H,41,48)(H,42,50)(H,43,47)(H,44,49)(H,45,46). The molecule has 1 aromatic heterocycles. The molecule has 4 atom stereocenters. The average Bonchev–Trinajstić information content (AvgIpc) is 3.40. The molecule has 294 valence electrons. The summed E-state index contributed by atoms with van der Waals surface area (Å²) in [6.07, 6.45) is 1.55. The second-order valence-corrected chi connectivity index (χ2v) is 15.4. The Morgan fingerprint density at radius 1 is 0.774 bits per heavy atom. The molecule has 0 radical (unpaired) electrons. The third-order valence-corrected chi connectivity index (χ3v) is 9.63. The zero-order valence-electron chi connectivity index (χ0n) is 32.3. The SMILES string of the molecule is CCC(C(=O)Nc1sc(C(=O)NCCNC(=O)C(CC(C)C)NC(=O)C(CC(C)C)NC(=O)C(N)CC(C)C)c(C)c1C(=O)OC)c1ccc(F)cc1. The molecular formula is C38H57FN6O7S. The molecule has 1 aromatic carbocycles. The van der Waals surface area contributed by atoms with Crippen molar-refractivity contribution < 1.29 is 37.9 Å². The van der Waals surface area contributed by atoms with Gasteiger partial charge in [-0.2, -0.15) is 0 Å². The van der Waals surface area contributed by atoms with Gasteiger partial charge in [0.1, 0.15) is 22.9 Å². The number of nitrogens with one attached hydrogen (secondary N) is 5. The molecule has 15 heteroatoms. The van der Waals surface area contributed by atoms with Crippen LogP contribution in [0.2, 0.25) is 0 Å². The number of carbonyl (C=O) groups excluding carboxylic acids is 6. The Hall–Kier alpha value is -4.37. The van der Waals surface area contributed by atoms with E-state index in [1.807, 2.05) is 41.5 Å². The zero-order valence-corrected chi connectivity index (χ0v) is 33.1. The van der Waals surface area contributed by atoms with Gasteiger partial charge in [0.25, 0.3) is 5.91 Å². The molecule has 53 heavy (non-hydrogen) atoms. The summed E-state index contributed by atoms with van der Waals surface area (Å²) in [6.45, 7) is 15.0. The Morgan fingerprint density at radius 3 is 1.83 bits per heavy atom. The highest BCUT2D eigenvalue weighted by Gasteiger charge is 2.31. The molecule has 0 spiro atoms. The third-order valence-electron chi connectivity index (χ3n) is 8.43. The number of nitrogens with two attached hydrogens (primary N) is 1. The van der Waals surface area contributed by atoms with E-state index in [9.17, 15) is 33.2 Å². The monoisotopic (exact) mass is 760 g/mol. The quantitative estimate of drug-likeness (QED) is 0.0844. The molecule has 5 amide bonds. The Bertz CT molecular complexity index is 1580. The number of esters is 1. The highest BCUT2D eigenvalue weighted by atomic mass is 32.1. The molecule has 2 rings (SSSR count). The lowest BCUT2D eigenvalue weighted by Gasteiger charge is -2.26. The molecule has 0 aliphatic carbocycles. The van der Waals surface area contributed by atoms with E-state index < -0.39 is 65.4 Å². The van der Waals surface area contributed by atoms with Crippen molar-refractivity contribution in [2.45, 2.75) is 105 Å². The molecule has 0 fully saturated rings. The molecule has 4 unspecified atom stereocenters. The number of rotatable bonds is 20. The number of carbonyl (C=O) groups is 6. The molecule has 7 N–H and O–H groups in total. The van der Waals surface area contributed by atoms with Crippen LogP contribution < -0.4 is 32.3 Å². The zero-order chi connectivity index (χ0) is 40.0. The highest BCUT2D eigenvalue weighted by Crippen LogP contribution is 2.35. The van der Waals surface area contributed by atoms with Crippen molar-refractivity contribution in [1.82, 2.24) is 21.3 Å². The van der Waals surface area contributed by atoms with Gasteiger partial charge in [-0.15, -0.1) is 11.3 Å². The van der Waals surface area contributed by atoms with Gasteiger partial charge in [0, 0.05) is 13.1 Å². The third kappa shape index (κ3) is 13.8. The van der Waals surface area contributed by atoms with Gasteiger partial charge in [-0.25, -0.2) is 9.18 Å². The number of halogens is 1. The van der Waals surface area contributed by atoms with E-state index >= 15 is 0 Å². The summed E-state index contributed by atoms with van der Waals surface area (Å²) in [5, 5.41) is 13.9. The number of ether oxygens (including phenoxy) is 1. The van der Waals surface area contributed by atoms with E-state index in [2.05, 4.69) is 26.6 Å². The lowest BCUT2D eigenvalue weighted by Crippen LogP contribution is -2.56. The van der Waals surface area contributed by atoms with Crippen molar-refractivity contribution in [1.29, 1.82) is 0 Å². The number of thiophene rings is 1. The number of benzene rings is 1. The second kappa shape index (κ2) is 21.4. The molecular weight excluding hydrogens is 704 g/mol. The summed E-state index contributed by atoms with van der Waals surface area (Å²) in [5.74, 6) is -3.82. The van der Waals surface area contributed by atoms with Crippen LogP contribution in [0.5, 0.6) is 0 Å². The summed E-state index contributed by atoms with van der Waals surface area (Å²) < 4.78 is 18.4. The van der Waals surface area contributed by atoms with Crippen LogP contribution in [-0.2, 0) is 23.9 Å². The predicted molar refractivity (Wildman–Crippen MR) is 204 cm³/mol. The lowest BCUT2D eigenvalue weighted by atomic mass is 9.95. The molecule has 0 aliphatic rings. The summed E-state index contributed by atoms with van der Waals surface area (Å²) in [4.78, 5) is 78.9. The summed E-state index contributed by atoms with van der Waals surface area (Å²) in [6, 6.07) is 3.04. The maximum Gasteiger partial charge on any atom is 0.341 e. The van der Waals surface area contributed by atoms with Crippen molar-refractivity contribution >= 4 is 51.8 Å². The molecule has 13 nitrogen and oxygen atoms in total. The maximum absolute atomic E-state index is 13.5. The van der Waals surface area contributed by atoms with E-state index in [1.165, 1.54) is 31.4 Å². The first-order chi connectivity index (χ1) is 24.9. The number of methoxy groups -OCH3 is 1. The lowest BCUT2D eigenvalue weighted by molar-refractivity contribution is -0.133. The Balaban J connectivity index is 2.11. The Labute approximate surface area is 316 Å². The van der Waals surface area contributed by atoms with E-state index in [0.717, 1.165) is 11.3 Å². The fourth-order valence-electron chi connectivity index (χ4n) is 5.77. The minimum Gasteiger partial charge on any atom is -0.465 e. The van der Waals surface area contributed by atoms with Crippen molar-refractivity contribution in [3.05, 3.63) is 51.7 Å². The summed E-state index contributed by atoms with van der Waals surface area (Å²) in [7, 11) is 1.19. The van der Waals surface area contributed by atoms with E-state index in [1.54, 1.807) is 13.8 Å². The predicted octanol–water partition coefficient (Wildman–Crippen LogP) is 4.40. The van der Waals surface area contributed by atoms with Crippen molar-refractivity contribution in [3.63, 3.8) is 0 Å². The molecule has 0 saturated heterocycles. The number of hydrogen-bond donors (Lipinski definition) is 6. The van der Waals surface area contributed by atoms with E-state index in [4.69, 9.17) is 10.5 Å². The van der Waals surface area contributed by atoms with Crippen molar-refractivity contribution in [3.8, 4) is 0 Å². The van der Waals surface area contributed by atoms with Gasteiger partial charge in [-0.1, -0.05) is 60.6 Å². The smallest absolute Gasteiger partial charge is 0.341 e. The van der Waals surface area contributed by atoms with Crippen LogP contribution in [0.3, 0.4) is 0 Å². The molecule has 0 saturated carbocycles. The van der Waals surface area contributed by atoms with E-state index in [0.29, 0.717) is 36.8 Å². The Morgan fingerprint density at radius 2 is 1.30 bits per heavy atom. The van der Waals surface area contributed by atoms with Crippen LogP contribution in [0.4, 0.5) is 9.39 Å². The largest absolute Gasteiger partial charge is 0.465 e. The molecule has 0 aliphatic heterocycles.